The predicted molar refractivity (Wildman–Crippen MR) is 37.1 cm³/mol. The monoisotopic (exact) mass is 152 g/mol. The van der Waals surface area contributed by atoms with Gasteiger partial charge in [0.15, 0.2) is 0 Å². The highest BCUT2D eigenvalue weighted by Gasteiger charge is 2.19. The molecule has 1 amide bonds. The number of aryl methyl sites for hydroxylation is 1. The number of hydrogen-bond donors (Lipinski definition) is 1. The second-order valence-corrected chi connectivity index (χ2v) is 2.46. The average Bonchev–Trinajstić information content (AvgIpc) is 2.31. The first-order valence-corrected chi connectivity index (χ1v) is 3.47. The number of fused-ring (bicyclic) bond motifs is 1. The molecule has 0 aliphatic carbocycles. The minimum Gasteiger partial charge on any atom is -0.347 e. The van der Waals surface area contributed by atoms with Gasteiger partial charge in [0.25, 0.3) is 5.91 Å². The standard InChI is InChI=1S/C6H8N4O/c1-4-8-5-6(11)7-2-3-10(5)9-4/h2-3H2,1H3,(H,7,11). The van der Waals surface area contributed by atoms with Gasteiger partial charge in [-0.2, -0.15) is 5.10 Å². The zero-order chi connectivity index (χ0) is 7.84. The fourth-order valence-electron chi connectivity index (χ4n) is 1.13. The third-order valence-electron chi connectivity index (χ3n) is 1.59. The molecule has 1 aliphatic heterocycles. The number of carbonyl (C=O) groups is 1. The Balaban J connectivity index is 2.52. The largest absolute Gasteiger partial charge is 0.347 e. The molecule has 0 fully saturated rings. The molecule has 11 heavy (non-hydrogen) atoms. The molecular formula is C6H8N4O. The van der Waals surface area contributed by atoms with Gasteiger partial charge in [0.1, 0.15) is 5.82 Å². The van der Waals surface area contributed by atoms with Crippen LogP contribution in [0.15, 0.2) is 0 Å². The first-order chi connectivity index (χ1) is 5.27. The summed E-state index contributed by atoms with van der Waals surface area (Å²) in [7, 11) is 0. The van der Waals surface area contributed by atoms with Crippen LogP contribution in [0.4, 0.5) is 0 Å². The molecule has 0 unspecified atom stereocenters. The SMILES string of the molecule is Cc1nc2n(n1)CCNC2=O. The van der Waals surface area contributed by atoms with Gasteiger partial charge < -0.3 is 5.32 Å². The van der Waals surface area contributed by atoms with E-state index in [1.807, 2.05) is 0 Å². The van der Waals surface area contributed by atoms with Crippen LogP contribution in [0.25, 0.3) is 0 Å². The van der Waals surface area contributed by atoms with Crippen LogP contribution in [-0.4, -0.2) is 27.2 Å². The molecule has 0 saturated carbocycles. The molecule has 1 aliphatic rings. The van der Waals surface area contributed by atoms with Crippen LogP contribution in [0.2, 0.25) is 0 Å². The number of rotatable bonds is 0. The van der Waals surface area contributed by atoms with Crippen molar-refractivity contribution in [3.05, 3.63) is 11.6 Å². The predicted octanol–water partition coefficient (Wildman–Crippen LogP) is -0.670. The topological polar surface area (TPSA) is 59.8 Å². The first-order valence-electron chi connectivity index (χ1n) is 3.47. The van der Waals surface area contributed by atoms with Gasteiger partial charge in [-0.25, -0.2) is 9.67 Å². The third kappa shape index (κ3) is 0.886. The third-order valence-corrected chi connectivity index (χ3v) is 1.59. The number of amides is 1. The summed E-state index contributed by atoms with van der Waals surface area (Å²) in [5.41, 5.74) is 0. The van der Waals surface area contributed by atoms with E-state index in [1.54, 1.807) is 11.6 Å². The summed E-state index contributed by atoms with van der Waals surface area (Å²) in [6, 6.07) is 0. The van der Waals surface area contributed by atoms with E-state index in [0.717, 1.165) is 6.54 Å². The highest BCUT2D eigenvalue weighted by atomic mass is 16.2. The van der Waals surface area contributed by atoms with Crippen LogP contribution in [0.5, 0.6) is 0 Å². The van der Waals surface area contributed by atoms with Crippen molar-refractivity contribution in [1.29, 1.82) is 0 Å². The van der Waals surface area contributed by atoms with Crippen molar-refractivity contribution in [2.75, 3.05) is 6.54 Å². The summed E-state index contributed by atoms with van der Waals surface area (Å²) < 4.78 is 1.63. The van der Waals surface area contributed by atoms with E-state index in [0.29, 0.717) is 18.2 Å². The molecule has 58 valence electrons. The second-order valence-electron chi connectivity index (χ2n) is 2.46. The molecule has 1 aromatic heterocycles. The van der Waals surface area contributed by atoms with Gasteiger partial charge in [-0.05, 0) is 6.92 Å². The maximum Gasteiger partial charge on any atom is 0.288 e. The minimum atomic E-state index is -0.128. The van der Waals surface area contributed by atoms with Crippen molar-refractivity contribution in [3.63, 3.8) is 0 Å². The van der Waals surface area contributed by atoms with Gasteiger partial charge >= 0.3 is 0 Å². The molecule has 0 atom stereocenters. The van der Waals surface area contributed by atoms with Crippen molar-refractivity contribution < 1.29 is 4.79 Å². The normalized spacial score (nSPS) is 15.9. The van der Waals surface area contributed by atoms with Gasteiger partial charge in [0, 0.05) is 6.54 Å². The van der Waals surface area contributed by atoms with Crippen molar-refractivity contribution in [1.82, 2.24) is 20.1 Å². The number of nitrogens with one attached hydrogen (secondary N) is 1. The molecule has 5 nitrogen and oxygen atoms in total. The summed E-state index contributed by atoms with van der Waals surface area (Å²) in [6.45, 7) is 3.15. The fraction of sp³-hybridized carbons (Fsp3) is 0.500. The Kier molecular flexibility index (Phi) is 1.18. The lowest BCUT2D eigenvalue weighted by atomic mass is 10.4. The maximum atomic E-state index is 11.1. The number of hydrogen-bond acceptors (Lipinski definition) is 3. The van der Waals surface area contributed by atoms with Crippen molar-refractivity contribution in [2.45, 2.75) is 13.5 Å². The summed E-state index contributed by atoms with van der Waals surface area (Å²) in [5, 5.41) is 6.74. The van der Waals surface area contributed by atoms with E-state index in [1.165, 1.54) is 0 Å². The van der Waals surface area contributed by atoms with E-state index >= 15 is 0 Å². The van der Waals surface area contributed by atoms with Crippen LogP contribution in [0, 0.1) is 6.92 Å². The van der Waals surface area contributed by atoms with E-state index in [9.17, 15) is 4.79 Å². The summed E-state index contributed by atoms with van der Waals surface area (Å²) in [4.78, 5) is 15.0. The Labute approximate surface area is 63.4 Å². The molecule has 0 saturated heterocycles. The molecule has 2 heterocycles. The second kappa shape index (κ2) is 2.05. The lowest BCUT2D eigenvalue weighted by Gasteiger charge is -2.11. The number of nitrogens with zero attached hydrogens (tertiary/aromatic N) is 3. The molecule has 0 bridgehead atoms. The van der Waals surface area contributed by atoms with Gasteiger partial charge in [-0.15, -0.1) is 0 Å². The Morgan fingerprint density at radius 2 is 2.45 bits per heavy atom. The van der Waals surface area contributed by atoms with E-state index in [4.69, 9.17) is 0 Å². The van der Waals surface area contributed by atoms with Crippen molar-refractivity contribution >= 4 is 5.91 Å². The molecule has 0 spiro atoms. The van der Waals surface area contributed by atoms with Gasteiger partial charge in [0.2, 0.25) is 5.82 Å². The minimum absolute atomic E-state index is 0.128. The van der Waals surface area contributed by atoms with Crippen molar-refractivity contribution in [2.24, 2.45) is 0 Å². The van der Waals surface area contributed by atoms with E-state index < -0.39 is 0 Å². The van der Waals surface area contributed by atoms with Crippen LogP contribution in [0.1, 0.15) is 16.4 Å². The molecule has 0 aromatic carbocycles. The van der Waals surface area contributed by atoms with Crippen LogP contribution in [0.3, 0.4) is 0 Å². The Morgan fingerprint density at radius 1 is 1.64 bits per heavy atom. The maximum absolute atomic E-state index is 11.1. The number of carbonyl (C=O) groups excluding carboxylic acids is 1. The molecule has 1 aromatic rings. The quantitative estimate of drug-likeness (QED) is 0.536. The summed E-state index contributed by atoms with van der Waals surface area (Å²) in [6.07, 6.45) is 0. The average molecular weight is 152 g/mol. The van der Waals surface area contributed by atoms with E-state index in [-0.39, 0.29) is 5.91 Å². The highest BCUT2D eigenvalue weighted by molar-refractivity contribution is 5.91. The van der Waals surface area contributed by atoms with Crippen LogP contribution in [-0.2, 0) is 6.54 Å². The zero-order valence-corrected chi connectivity index (χ0v) is 6.16. The van der Waals surface area contributed by atoms with Gasteiger partial charge in [-0.3, -0.25) is 4.79 Å². The molecule has 5 heteroatoms. The highest BCUT2D eigenvalue weighted by Crippen LogP contribution is 2.00. The van der Waals surface area contributed by atoms with E-state index in [2.05, 4.69) is 15.4 Å². The Bertz CT molecular complexity index is 304. The molecule has 1 N–H and O–H groups in total. The van der Waals surface area contributed by atoms with Crippen LogP contribution < -0.4 is 5.32 Å². The van der Waals surface area contributed by atoms with Gasteiger partial charge in [0.05, 0.1) is 6.54 Å². The van der Waals surface area contributed by atoms with Gasteiger partial charge in [-0.1, -0.05) is 0 Å². The Morgan fingerprint density at radius 3 is 3.18 bits per heavy atom. The zero-order valence-electron chi connectivity index (χ0n) is 6.16. The smallest absolute Gasteiger partial charge is 0.288 e. The summed E-state index contributed by atoms with van der Waals surface area (Å²) >= 11 is 0. The first kappa shape index (κ1) is 6.33. The number of aromatic nitrogens is 3. The molecule has 2 rings (SSSR count). The summed E-state index contributed by atoms with van der Waals surface area (Å²) in [5.74, 6) is 0.947. The lowest BCUT2D eigenvalue weighted by molar-refractivity contribution is 0.0918. The lowest BCUT2D eigenvalue weighted by Crippen LogP contribution is -2.36. The van der Waals surface area contributed by atoms with Crippen LogP contribution >= 0.6 is 0 Å². The molecular weight excluding hydrogens is 144 g/mol. The fourth-order valence-corrected chi connectivity index (χ4v) is 1.13. The Hall–Kier alpha value is -1.39. The molecule has 0 radical (unpaired) electrons. The van der Waals surface area contributed by atoms with Crippen molar-refractivity contribution in [3.8, 4) is 0 Å².